The fourth-order valence-electron chi connectivity index (χ4n) is 3.56. The van der Waals surface area contributed by atoms with Gasteiger partial charge in [0.2, 0.25) is 0 Å². The number of hydrogen-bond donors (Lipinski definition) is 1. The van der Waals surface area contributed by atoms with E-state index in [1.165, 1.54) is 10.4 Å². The van der Waals surface area contributed by atoms with E-state index in [9.17, 15) is 0 Å². The van der Waals surface area contributed by atoms with Gasteiger partial charge >= 0.3 is 0 Å². The number of hydrogen-bond acceptors (Lipinski definition) is 8. The maximum Gasteiger partial charge on any atom is 0.158 e. The third-order valence-electron chi connectivity index (χ3n) is 5.23. The van der Waals surface area contributed by atoms with Crippen molar-refractivity contribution >= 4 is 39.3 Å². The van der Waals surface area contributed by atoms with Crippen LogP contribution in [-0.2, 0) is 6.42 Å². The number of anilines is 2. The molecule has 0 aliphatic carbocycles. The van der Waals surface area contributed by atoms with Crippen LogP contribution in [0.1, 0.15) is 28.8 Å². The van der Waals surface area contributed by atoms with E-state index < -0.39 is 0 Å². The molecular formula is C26H23N7S. The SMILES string of the molecule is N#CCCN(CCC#N)c1ccc(C=NNc2ncnc3sc(Cc4ccccc4)cc23)cc1. The Balaban J connectivity index is 1.43. The normalized spacial score (nSPS) is 10.8. The molecule has 0 fully saturated rings. The van der Waals surface area contributed by atoms with E-state index in [4.69, 9.17) is 10.5 Å². The average Bonchev–Trinajstić information content (AvgIpc) is 3.29. The van der Waals surface area contributed by atoms with Crippen LogP contribution < -0.4 is 10.3 Å². The van der Waals surface area contributed by atoms with Crippen LogP contribution in [0.25, 0.3) is 10.2 Å². The predicted molar refractivity (Wildman–Crippen MR) is 137 cm³/mol. The maximum absolute atomic E-state index is 8.88. The first kappa shape index (κ1) is 22.9. The summed E-state index contributed by atoms with van der Waals surface area (Å²) in [5.74, 6) is 0.674. The van der Waals surface area contributed by atoms with Gasteiger partial charge in [-0.3, -0.25) is 5.43 Å². The lowest BCUT2D eigenvalue weighted by atomic mass is 10.1. The first-order chi connectivity index (χ1) is 16.8. The Morgan fingerprint density at radius 2 is 1.71 bits per heavy atom. The van der Waals surface area contributed by atoms with Gasteiger partial charge in [-0.25, -0.2) is 9.97 Å². The Hall–Kier alpha value is -4.27. The first-order valence-electron chi connectivity index (χ1n) is 10.9. The Labute approximate surface area is 202 Å². The molecule has 2 aromatic heterocycles. The van der Waals surface area contributed by atoms with Crippen LogP contribution in [0, 0.1) is 22.7 Å². The minimum absolute atomic E-state index is 0.418. The van der Waals surface area contributed by atoms with E-state index in [-0.39, 0.29) is 0 Å². The van der Waals surface area contributed by atoms with Crippen molar-refractivity contribution in [1.82, 2.24) is 9.97 Å². The number of aromatic nitrogens is 2. The fourth-order valence-corrected chi connectivity index (χ4v) is 4.59. The smallest absolute Gasteiger partial charge is 0.158 e. The van der Waals surface area contributed by atoms with Gasteiger partial charge in [0.15, 0.2) is 5.82 Å². The summed E-state index contributed by atoms with van der Waals surface area (Å²) in [5.41, 5.74) is 6.22. The van der Waals surface area contributed by atoms with Crippen LogP contribution >= 0.6 is 11.3 Å². The molecule has 0 bridgehead atoms. The molecule has 7 nitrogen and oxygen atoms in total. The van der Waals surface area contributed by atoms with Crippen LogP contribution in [0.4, 0.5) is 11.5 Å². The molecule has 0 atom stereocenters. The summed E-state index contributed by atoms with van der Waals surface area (Å²) in [6.07, 6.45) is 4.98. The van der Waals surface area contributed by atoms with E-state index in [2.05, 4.69) is 50.8 Å². The van der Waals surface area contributed by atoms with Crippen molar-refractivity contribution in [2.24, 2.45) is 5.10 Å². The monoisotopic (exact) mass is 465 g/mol. The van der Waals surface area contributed by atoms with Crippen molar-refractivity contribution in [3.8, 4) is 12.1 Å². The van der Waals surface area contributed by atoms with Gasteiger partial charge in [-0.05, 0) is 29.3 Å². The summed E-state index contributed by atoms with van der Waals surface area (Å²) >= 11 is 1.66. The standard InChI is InChI=1S/C26H23N7S/c27-12-4-14-33(15-5-13-28)22-10-8-21(9-11-22)18-31-32-25-24-17-23(34-26(24)30-19-29-25)16-20-6-2-1-3-7-20/h1-3,6-11,17-19H,4-5,14-16H2,(H,29,30,32). The van der Waals surface area contributed by atoms with Crippen molar-refractivity contribution in [3.05, 3.63) is 83.0 Å². The minimum atomic E-state index is 0.418. The number of nitrogens with zero attached hydrogens (tertiary/aromatic N) is 6. The molecule has 8 heteroatoms. The lowest BCUT2D eigenvalue weighted by molar-refractivity contribution is 0.796. The first-order valence-corrected chi connectivity index (χ1v) is 11.7. The highest BCUT2D eigenvalue weighted by Crippen LogP contribution is 2.29. The third kappa shape index (κ3) is 5.94. The Morgan fingerprint density at radius 3 is 2.41 bits per heavy atom. The van der Waals surface area contributed by atoms with E-state index in [1.807, 2.05) is 47.4 Å². The molecule has 0 saturated carbocycles. The van der Waals surface area contributed by atoms with E-state index in [0.717, 1.165) is 27.9 Å². The van der Waals surface area contributed by atoms with Gasteiger partial charge in [-0.15, -0.1) is 11.3 Å². The zero-order valence-corrected chi connectivity index (χ0v) is 19.4. The molecule has 0 spiro atoms. The molecule has 1 N–H and O–H groups in total. The Morgan fingerprint density at radius 1 is 0.971 bits per heavy atom. The number of hydrazone groups is 1. The second-order valence-electron chi connectivity index (χ2n) is 7.58. The maximum atomic E-state index is 8.88. The zero-order chi connectivity index (χ0) is 23.6. The molecule has 0 saturated heterocycles. The van der Waals surface area contributed by atoms with Crippen molar-refractivity contribution in [2.75, 3.05) is 23.4 Å². The molecule has 2 heterocycles. The minimum Gasteiger partial charge on any atom is -0.369 e. The molecule has 34 heavy (non-hydrogen) atoms. The average molecular weight is 466 g/mol. The molecule has 0 radical (unpaired) electrons. The van der Waals surface area contributed by atoms with E-state index >= 15 is 0 Å². The lowest BCUT2D eigenvalue weighted by Crippen LogP contribution is -2.25. The van der Waals surface area contributed by atoms with Gasteiger partial charge in [-0.1, -0.05) is 42.5 Å². The molecular weight excluding hydrogens is 442 g/mol. The summed E-state index contributed by atoms with van der Waals surface area (Å²) in [6.45, 7) is 1.20. The van der Waals surface area contributed by atoms with Crippen molar-refractivity contribution in [2.45, 2.75) is 19.3 Å². The summed E-state index contributed by atoms with van der Waals surface area (Å²) in [5, 5.41) is 23.1. The van der Waals surface area contributed by atoms with Gasteiger partial charge in [0.25, 0.3) is 0 Å². The fraction of sp³-hybridized carbons (Fsp3) is 0.192. The molecule has 0 unspecified atom stereocenters. The van der Waals surface area contributed by atoms with Gasteiger partial charge in [0.05, 0.1) is 36.6 Å². The summed E-state index contributed by atoms with van der Waals surface area (Å²) in [6, 6.07) is 24.7. The molecule has 4 rings (SSSR count). The highest BCUT2D eigenvalue weighted by atomic mass is 32.1. The highest BCUT2D eigenvalue weighted by molar-refractivity contribution is 7.18. The van der Waals surface area contributed by atoms with E-state index in [0.29, 0.717) is 31.7 Å². The number of rotatable bonds is 10. The number of nitrogens with one attached hydrogen (secondary N) is 1. The van der Waals surface area contributed by atoms with Gasteiger partial charge in [-0.2, -0.15) is 15.6 Å². The van der Waals surface area contributed by atoms with Crippen LogP contribution in [0.2, 0.25) is 0 Å². The van der Waals surface area contributed by atoms with Crippen LogP contribution in [0.3, 0.4) is 0 Å². The second kappa shape index (κ2) is 11.6. The third-order valence-corrected chi connectivity index (χ3v) is 6.27. The summed E-state index contributed by atoms with van der Waals surface area (Å²) in [4.78, 5) is 13.0. The Bertz CT molecular complexity index is 1310. The molecule has 0 aliphatic rings. The Kier molecular flexibility index (Phi) is 7.78. The molecule has 168 valence electrons. The lowest BCUT2D eigenvalue weighted by Gasteiger charge is -2.22. The predicted octanol–water partition coefficient (Wildman–Crippen LogP) is 5.36. The van der Waals surface area contributed by atoms with Gasteiger partial charge in [0.1, 0.15) is 11.2 Å². The molecule has 4 aromatic rings. The number of benzene rings is 2. The quantitative estimate of drug-likeness (QED) is 0.250. The van der Waals surface area contributed by atoms with Crippen molar-refractivity contribution in [3.63, 3.8) is 0 Å². The summed E-state index contributed by atoms with van der Waals surface area (Å²) in [7, 11) is 0. The van der Waals surface area contributed by atoms with Crippen molar-refractivity contribution < 1.29 is 0 Å². The zero-order valence-electron chi connectivity index (χ0n) is 18.6. The topological polar surface area (TPSA) is 101 Å². The van der Waals surface area contributed by atoms with Crippen molar-refractivity contribution in [1.29, 1.82) is 10.5 Å². The molecule has 2 aromatic carbocycles. The second-order valence-corrected chi connectivity index (χ2v) is 8.70. The van der Waals surface area contributed by atoms with Crippen LogP contribution in [0.15, 0.2) is 72.1 Å². The van der Waals surface area contributed by atoms with Crippen LogP contribution in [-0.4, -0.2) is 29.3 Å². The highest BCUT2D eigenvalue weighted by Gasteiger charge is 2.09. The largest absolute Gasteiger partial charge is 0.369 e. The van der Waals surface area contributed by atoms with Gasteiger partial charge in [0, 0.05) is 30.1 Å². The molecule has 0 aliphatic heterocycles. The summed E-state index contributed by atoms with van der Waals surface area (Å²) < 4.78 is 0. The van der Waals surface area contributed by atoms with Crippen LogP contribution in [0.5, 0.6) is 0 Å². The number of nitriles is 2. The molecule has 0 amide bonds. The van der Waals surface area contributed by atoms with E-state index in [1.54, 1.807) is 23.9 Å². The number of thiophene rings is 1. The van der Waals surface area contributed by atoms with Gasteiger partial charge < -0.3 is 4.90 Å². The number of fused-ring (bicyclic) bond motifs is 1.